The van der Waals surface area contributed by atoms with E-state index in [1.54, 1.807) is 12.1 Å². The van der Waals surface area contributed by atoms with Gasteiger partial charge < -0.3 is 5.32 Å². The summed E-state index contributed by atoms with van der Waals surface area (Å²) in [5, 5.41) is 6.28. The SMILES string of the molecule is C/C(CC(=O)Nc1cccc(C(F)(F)F)c1)=N\NC(=O)c1ccc(C(C)(C)C)cc1. The Morgan fingerprint density at radius 2 is 1.60 bits per heavy atom. The molecule has 0 aliphatic heterocycles. The van der Waals surface area contributed by atoms with Crippen molar-refractivity contribution < 1.29 is 22.8 Å². The van der Waals surface area contributed by atoms with Crippen LogP contribution >= 0.6 is 0 Å². The summed E-state index contributed by atoms with van der Waals surface area (Å²) >= 11 is 0. The minimum atomic E-state index is -4.49. The molecule has 160 valence electrons. The molecular formula is C22H24F3N3O2. The molecule has 8 heteroatoms. The van der Waals surface area contributed by atoms with E-state index in [4.69, 9.17) is 0 Å². The zero-order valence-corrected chi connectivity index (χ0v) is 17.2. The van der Waals surface area contributed by atoms with E-state index in [0.29, 0.717) is 11.3 Å². The third kappa shape index (κ3) is 6.72. The van der Waals surface area contributed by atoms with Crippen molar-refractivity contribution >= 4 is 23.2 Å². The second-order valence-corrected chi connectivity index (χ2v) is 7.92. The molecule has 2 N–H and O–H groups in total. The average molecular weight is 419 g/mol. The van der Waals surface area contributed by atoms with Gasteiger partial charge in [0.25, 0.3) is 5.91 Å². The summed E-state index contributed by atoms with van der Waals surface area (Å²) in [7, 11) is 0. The molecule has 0 heterocycles. The van der Waals surface area contributed by atoms with Gasteiger partial charge >= 0.3 is 6.18 Å². The number of anilines is 1. The molecule has 0 fully saturated rings. The van der Waals surface area contributed by atoms with Crippen molar-refractivity contribution in [2.75, 3.05) is 5.32 Å². The van der Waals surface area contributed by atoms with E-state index >= 15 is 0 Å². The number of rotatable bonds is 5. The third-order valence-electron chi connectivity index (χ3n) is 4.25. The molecule has 2 amide bonds. The number of carbonyl (C=O) groups is 2. The Bertz CT molecular complexity index is 943. The Morgan fingerprint density at radius 3 is 2.17 bits per heavy atom. The van der Waals surface area contributed by atoms with Crippen molar-refractivity contribution in [3.05, 3.63) is 65.2 Å². The Morgan fingerprint density at radius 1 is 0.967 bits per heavy atom. The molecule has 0 saturated heterocycles. The van der Waals surface area contributed by atoms with Crippen LogP contribution in [0.15, 0.2) is 53.6 Å². The average Bonchev–Trinajstić information content (AvgIpc) is 2.65. The van der Waals surface area contributed by atoms with Crippen molar-refractivity contribution in [2.45, 2.75) is 45.7 Å². The fourth-order valence-electron chi connectivity index (χ4n) is 2.58. The van der Waals surface area contributed by atoms with Crippen molar-refractivity contribution in [1.29, 1.82) is 0 Å². The summed E-state index contributed by atoms with van der Waals surface area (Å²) < 4.78 is 38.2. The van der Waals surface area contributed by atoms with Crippen LogP contribution in [0.3, 0.4) is 0 Å². The van der Waals surface area contributed by atoms with Crippen LogP contribution in [0.25, 0.3) is 0 Å². The molecule has 0 bridgehead atoms. The number of nitrogens with one attached hydrogen (secondary N) is 2. The molecule has 2 aromatic rings. The Labute approximate surface area is 173 Å². The second kappa shape index (κ2) is 9.11. The fourth-order valence-corrected chi connectivity index (χ4v) is 2.58. The molecule has 2 rings (SSSR count). The van der Waals surface area contributed by atoms with Gasteiger partial charge in [0.05, 0.1) is 12.0 Å². The van der Waals surface area contributed by atoms with E-state index in [9.17, 15) is 22.8 Å². The van der Waals surface area contributed by atoms with Crippen LogP contribution in [-0.4, -0.2) is 17.5 Å². The fraction of sp³-hybridized carbons (Fsp3) is 0.318. The largest absolute Gasteiger partial charge is 0.416 e. The lowest BCUT2D eigenvalue weighted by Crippen LogP contribution is -2.22. The molecule has 0 saturated carbocycles. The molecule has 5 nitrogen and oxygen atoms in total. The van der Waals surface area contributed by atoms with Gasteiger partial charge in [0, 0.05) is 17.0 Å². The molecule has 0 aliphatic carbocycles. The summed E-state index contributed by atoms with van der Waals surface area (Å²) in [5.41, 5.74) is 3.34. The number of nitrogens with zero attached hydrogens (tertiary/aromatic N) is 1. The van der Waals surface area contributed by atoms with E-state index in [2.05, 4.69) is 36.6 Å². The first-order valence-electron chi connectivity index (χ1n) is 9.27. The van der Waals surface area contributed by atoms with Crippen LogP contribution in [0.5, 0.6) is 0 Å². The minimum absolute atomic E-state index is 0.0310. The highest BCUT2D eigenvalue weighted by atomic mass is 19.4. The Hall–Kier alpha value is -3.16. The lowest BCUT2D eigenvalue weighted by Gasteiger charge is -2.18. The van der Waals surface area contributed by atoms with Gasteiger partial charge in [0.15, 0.2) is 0 Å². The number of alkyl halides is 3. The van der Waals surface area contributed by atoms with Gasteiger partial charge in [-0.3, -0.25) is 9.59 Å². The quantitative estimate of drug-likeness (QED) is 0.521. The topological polar surface area (TPSA) is 70.6 Å². The van der Waals surface area contributed by atoms with Gasteiger partial charge in [-0.15, -0.1) is 0 Å². The number of halogens is 3. The zero-order valence-electron chi connectivity index (χ0n) is 17.2. The molecule has 0 spiro atoms. The Kier molecular flexibility index (Phi) is 7.02. The predicted molar refractivity (Wildman–Crippen MR) is 110 cm³/mol. The lowest BCUT2D eigenvalue weighted by molar-refractivity contribution is -0.137. The monoisotopic (exact) mass is 419 g/mol. The van der Waals surface area contributed by atoms with Gasteiger partial charge in [0.1, 0.15) is 0 Å². The first-order chi connectivity index (χ1) is 13.9. The molecule has 2 aromatic carbocycles. The van der Waals surface area contributed by atoms with E-state index in [0.717, 1.165) is 17.7 Å². The summed E-state index contributed by atoms with van der Waals surface area (Å²) in [6.07, 6.45) is -4.67. The molecule has 0 aromatic heterocycles. The molecule has 0 unspecified atom stereocenters. The third-order valence-corrected chi connectivity index (χ3v) is 4.25. The van der Waals surface area contributed by atoms with E-state index in [1.165, 1.54) is 19.1 Å². The van der Waals surface area contributed by atoms with Crippen molar-refractivity contribution in [3.63, 3.8) is 0 Å². The van der Waals surface area contributed by atoms with Crippen LogP contribution in [0, 0.1) is 0 Å². The van der Waals surface area contributed by atoms with Crippen LogP contribution in [0.4, 0.5) is 18.9 Å². The Balaban J connectivity index is 1.93. The standard InChI is InChI=1S/C22H24F3N3O2/c1-14(12-19(29)26-18-7-5-6-17(13-18)22(23,24)25)27-28-20(30)15-8-10-16(11-9-15)21(2,3)4/h5-11,13H,12H2,1-4H3,(H,26,29)(H,28,30)/b27-14+. The smallest absolute Gasteiger partial charge is 0.326 e. The predicted octanol–water partition coefficient (Wildman–Crippen LogP) is 5.14. The highest BCUT2D eigenvalue weighted by Crippen LogP contribution is 2.30. The summed E-state index contributed by atoms with van der Waals surface area (Å²) in [4.78, 5) is 24.2. The van der Waals surface area contributed by atoms with E-state index < -0.39 is 23.6 Å². The number of benzene rings is 2. The minimum Gasteiger partial charge on any atom is -0.326 e. The highest BCUT2D eigenvalue weighted by molar-refractivity contribution is 6.06. The molecular weight excluding hydrogens is 395 g/mol. The van der Waals surface area contributed by atoms with Gasteiger partial charge in [-0.1, -0.05) is 39.0 Å². The zero-order chi connectivity index (χ0) is 22.5. The normalized spacial score (nSPS) is 12.4. The van der Waals surface area contributed by atoms with Crippen molar-refractivity contribution in [1.82, 2.24) is 5.43 Å². The van der Waals surface area contributed by atoms with E-state index in [-0.39, 0.29) is 17.5 Å². The molecule has 0 radical (unpaired) electrons. The number of amides is 2. The maximum absolute atomic E-state index is 12.7. The van der Waals surface area contributed by atoms with Crippen LogP contribution in [0.1, 0.15) is 55.6 Å². The van der Waals surface area contributed by atoms with E-state index in [1.807, 2.05) is 12.1 Å². The summed E-state index contributed by atoms with van der Waals surface area (Å²) in [6.45, 7) is 7.75. The summed E-state index contributed by atoms with van der Waals surface area (Å²) in [5.74, 6) is -0.965. The number of hydrazone groups is 1. The molecule has 0 aliphatic rings. The van der Waals surface area contributed by atoms with Gasteiger partial charge in [-0.2, -0.15) is 18.3 Å². The molecule has 30 heavy (non-hydrogen) atoms. The maximum Gasteiger partial charge on any atom is 0.416 e. The number of hydrogen-bond acceptors (Lipinski definition) is 3. The maximum atomic E-state index is 12.7. The van der Waals surface area contributed by atoms with Crippen molar-refractivity contribution in [3.8, 4) is 0 Å². The van der Waals surface area contributed by atoms with Crippen LogP contribution in [-0.2, 0) is 16.4 Å². The highest BCUT2D eigenvalue weighted by Gasteiger charge is 2.30. The van der Waals surface area contributed by atoms with Gasteiger partial charge in [0.2, 0.25) is 5.91 Å². The van der Waals surface area contributed by atoms with Crippen LogP contribution in [0.2, 0.25) is 0 Å². The molecule has 0 atom stereocenters. The van der Waals surface area contributed by atoms with Gasteiger partial charge in [-0.25, -0.2) is 5.43 Å². The first-order valence-corrected chi connectivity index (χ1v) is 9.27. The second-order valence-electron chi connectivity index (χ2n) is 7.92. The van der Waals surface area contributed by atoms with Crippen molar-refractivity contribution in [2.24, 2.45) is 5.10 Å². The lowest BCUT2D eigenvalue weighted by atomic mass is 9.87. The van der Waals surface area contributed by atoms with Gasteiger partial charge in [-0.05, 0) is 48.2 Å². The summed E-state index contributed by atoms with van der Waals surface area (Å²) in [6, 6.07) is 11.5. The van der Waals surface area contributed by atoms with Crippen LogP contribution < -0.4 is 10.7 Å². The number of hydrogen-bond donors (Lipinski definition) is 2. The first kappa shape index (κ1) is 23.1. The number of carbonyl (C=O) groups excluding carboxylic acids is 2.